The molecule has 0 aromatic carbocycles. The summed E-state index contributed by atoms with van der Waals surface area (Å²) in [6.07, 6.45) is 1.66. The van der Waals surface area contributed by atoms with Crippen LogP contribution in [0.15, 0.2) is 12.3 Å². The van der Waals surface area contributed by atoms with Crippen molar-refractivity contribution in [1.82, 2.24) is 4.98 Å². The molecule has 14 heavy (non-hydrogen) atoms. The van der Waals surface area contributed by atoms with Crippen LogP contribution in [0.2, 0.25) is 0 Å². The summed E-state index contributed by atoms with van der Waals surface area (Å²) in [6, 6.07) is 1.96. The fourth-order valence-corrected chi connectivity index (χ4v) is 1.49. The molecule has 0 aliphatic carbocycles. The van der Waals surface area contributed by atoms with E-state index in [4.69, 9.17) is 6.57 Å². The first kappa shape index (κ1) is 10.7. The first-order chi connectivity index (χ1) is 6.56. The minimum atomic E-state index is 0.423. The van der Waals surface area contributed by atoms with E-state index in [1.54, 1.807) is 6.20 Å². The predicted octanol–water partition coefficient (Wildman–Crippen LogP) is 3.88. The van der Waals surface area contributed by atoms with Crippen molar-refractivity contribution >= 4 is 5.69 Å². The van der Waals surface area contributed by atoms with Gasteiger partial charge in [-0.25, -0.2) is 4.85 Å². The molecule has 74 valence electrons. The second-order valence-electron chi connectivity index (χ2n) is 4.09. The molecule has 0 N–H and O–H groups in total. The molecular weight excluding hydrogens is 172 g/mol. The molecule has 1 aromatic rings. The van der Waals surface area contributed by atoms with Crippen molar-refractivity contribution < 1.29 is 0 Å². The lowest BCUT2D eigenvalue weighted by atomic mass is 9.95. The minimum absolute atomic E-state index is 0.423. The van der Waals surface area contributed by atoms with Crippen LogP contribution in [0.3, 0.4) is 0 Å². The molecule has 2 nitrogen and oxygen atoms in total. The minimum Gasteiger partial charge on any atom is -0.272 e. The number of pyridine rings is 1. The SMILES string of the molecule is [C-]#[N+]c1cnc(C(C)C)c(C(C)C)c1. The van der Waals surface area contributed by atoms with Crippen molar-refractivity contribution in [3.8, 4) is 0 Å². The Bertz CT molecular complexity index is 359. The zero-order valence-corrected chi connectivity index (χ0v) is 9.20. The van der Waals surface area contributed by atoms with Crippen LogP contribution in [0.5, 0.6) is 0 Å². The fourth-order valence-electron chi connectivity index (χ4n) is 1.49. The van der Waals surface area contributed by atoms with Crippen LogP contribution in [-0.2, 0) is 0 Å². The van der Waals surface area contributed by atoms with Crippen LogP contribution in [-0.4, -0.2) is 4.98 Å². The van der Waals surface area contributed by atoms with E-state index in [-0.39, 0.29) is 0 Å². The lowest BCUT2D eigenvalue weighted by Crippen LogP contribution is -2.01. The largest absolute Gasteiger partial charge is 0.272 e. The van der Waals surface area contributed by atoms with Gasteiger partial charge >= 0.3 is 0 Å². The molecular formula is C12H16N2. The monoisotopic (exact) mass is 188 g/mol. The van der Waals surface area contributed by atoms with Crippen molar-refractivity contribution in [3.63, 3.8) is 0 Å². The van der Waals surface area contributed by atoms with Crippen molar-refractivity contribution in [1.29, 1.82) is 0 Å². The van der Waals surface area contributed by atoms with E-state index < -0.39 is 0 Å². The van der Waals surface area contributed by atoms with Gasteiger partial charge in [0.1, 0.15) is 0 Å². The molecule has 0 bridgehead atoms. The highest BCUT2D eigenvalue weighted by Gasteiger charge is 2.11. The van der Waals surface area contributed by atoms with E-state index in [1.165, 1.54) is 5.56 Å². The molecule has 0 atom stereocenters. The molecule has 1 heterocycles. The molecule has 0 amide bonds. The first-order valence-electron chi connectivity index (χ1n) is 4.93. The van der Waals surface area contributed by atoms with Gasteiger partial charge in [0.15, 0.2) is 0 Å². The molecule has 0 spiro atoms. The number of rotatable bonds is 2. The van der Waals surface area contributed by atoms with E-state index in [9.17, 15) is 0 Å². The van der Waals surface area contributed by atoms with Crippen molar-refractivity contribution in [2.45, 2.75) is 39.5 Å². The van der Waals surface area contributed by atoms with Crippen LogP contribution < -0.4 is 0 Å². The number of nitrogens with zero attached hydrogens (tertiary/aromatic N) is 2. The van der Waals surface area contributed by atoms with Gasteiger partial charge in [0.05, 0.1) is 6.57 Å². The quantitative estimate of drug-likeness (QED) is 0.644. The van der Waals surface area contributed by atoms with E-state index >= 15 is 0 Å². The summed E-state index contributed by atoms with van der Waals surface area (Å²) >= 11 is 0. The third-order valence-electron chi connectivity index (χ3n) is 2.23. The predicted molar refractivity (Wildman–Crippen MR) is 58.7 cm³/mol. The van der Waals surface area contributed by atoms with Crippen LogP contribution >= 0.6 is 0 Å². The molecule has 2 heteroatoms. The smallest absolute Gasteiger partial charge is 0.205 e. The third kappa shape index (κ3) is 2.11. The Morgan fingerprint density at radius 2 is 1.86 bits per heavy atom. The van der Waals surface area contributed by atoms with Gasteiger partial charge in [-0.3, -0.25) is 4.98 Å². The molecule has 0 aliphatic heterocycles. The van der Waals surface area contributed by atoms with Gasteiger partial charge in [-0.1, -0.05) is 27.7 Å². The van der Waals surface area contributed by atoms with Crippen molar-refractivity contribution in [2.75, 3.05) is 0 Å². The Hall–Kier alpha value is -1.36. The van der Waals surface area contributed by atoms with Gasteiger partial charge in [0.25, 0.3) is 0 Å². The third-order valence-corrected chi connectivity index (χ3v) is 2.23. The normalized spacial score (nSPS) is 10.6. The number of hydrogen-bond donors (Lipinski definition) is 0. The molecule has 0 fully saturated rings. The molecule has 0 unspecified atom stereocenters. The Morgan fingerprint density at radius 1 is 1.21 bits per heavy atom. The van der Waals surface area contributed by atoms with Crippen LogP contribution in [0.1, 0.15) is 50.8 Å². The second kappa shape index (κ2) is 4.23. The van der Waals surface area contributed by atoms with Crippen molar-refractivity contribution in [3.05, 3.63) is 34.9 Å². The Labute approximate surface area is 85.8 Å². The summed E-state index contributed by atoms with van der Waals surface area (Å²) in [5, 5.41) is 0. The van der Waals surface area contributed by atoms with Gasteiger partial charge in [-0.2, -0.15) is 0 Å². The second-order valence-corrected chi connectivity index (χ2v) is 4.09. The first-order valence-corrected chi connectivity index (χ1v) is 4.93. The Balaban J connectivity index is 3.26. The summed E-state index contributed by atoms with van der Waals surface area (Å²) in [4.78, 5) is 7.76. The summed E-state index contributed by atoms with van der Waals surface area (Å²) in [6.45, 7) is 15.5. The van der Waals surface area contributed by atoms with Crippen molar-refractivity contribution in [2.24, 2.45) is 0 Å². The average Bonchev–Trinajstić information content (AvgIpc) is 2.16. The van der Waals surface area contributed by atoms with E-state index in [1.807, 2.05) is 6.07 Å². The van der Waals surface area contributed by atoms with Crippen LogP contribution in [0.4, 0.5) is 5.69 Å². The maximum absolute atomic E-state index is 6.94. The zero-order chi connectivity index (χ0) is 10.7. The average molecular weight is 188 g/mol. The highest BCUT2D eigenvalue weighted by atomic mass is 14.7. The molecule has 1 aromatic heterocycles. The molecule has 0 aliphatic rings. The topological polar surface area (TPSA) is 17.2 Å². The van der Waals surface area contributed by atoms with E-state index in [2.05, 4.69) is 37.5 Å². The van der Waals surface area contributed by atoms with Gasteiger partial charge in [0.2, 0.25) is 5.69 Å². The standard InChI is InChI=1S/C12H16N2/c1-8(2)11-6-10(13-5)7-14-12(11)9(3)4/h6-9H,1-4H3. The molecule has 0 saturated heterocycles. The number of hydrogen-bond acceptors (Lipinski definition) is 1. The Kier molecular flexibility index (Phi) is 3.24. The van der Waals surface area contributed by atoms with E-state index in [0.717, 1.165) is 5.69 Å². The summed E-state index contributed by atoms with van der Waals surface area (Å²) < 4.78 is 0. The lowest BCUT2D eigenvalue weighted by Gasteiger charge is -2.14. The summed E-state index contributed by atoms with van der Waals surface area (Å²) in [5.74, 6) is 0.855. The Morgan fingerprint density at radius 3 is 2.29 bits per heavy atom. The molecule has 1 rings (SSSR count). The highest BCUT2D eigenvalue weighted by Crippen LogP contribution is 2.27. The summed E-state index contributed by atoms with van der Waals surface area (Å²) in [7, 11) is 0. The van der Waals surface area contributed by atoms with E-state index in [0.29, 0.717) is 17.5 Å². The van der Waals surface area contributed by atoms with Gasteiger partial charge in [-0.15, -0.1) is 0 Å². The molecule has 0 saturated carbocycles. The van der Waals surface area contributed by atoms with Gasteiger partial charge in [-0.05, 0) is 23.5 Å². The number of aromatic nitrogens is 1. The maximum Gasteiger partial charge on any atom is 0.205 e. The summed E-state index contributed by atoms with van der Waals surface area (Å²) in [5.41, 5.74) is 2.96. The maximum atomic E-state index is 6.94. The fraction of sp³-hybridized carbons (Fsp3) is 0.500. The van der Waals surface area contributed by atoms with Gasteiger partial charge in [0, 0.05) is 11.9 Å². The lowest BCUT2D eigenvalue weighted by molar-refractivity contribution is 0.758. The van der Waals surface area contributed by atoms with Crippen LogP contribution in [0.25, 0.3) is 4.85 Å². The van der Waals surface area contributed by atoms with Crippen LogP contribution in [0, 0.1) is 6.57 Å². The van der Waals surface area contributed by atoms with Gasteiger partial charge < -0.3 is 0 Å². The zero-order valence-electron chi connectivity index (χ0n) is 9.20. The molecule has 0 radical (unpaired) electrons. The highest BCUT2D eigenvalue weighted by molar-refractivity contribution is 5.47.